The SMILES string of the molecule is CC(Oc1cccc2ccccc12)C(=O)N(C)CC(=O)N1CCC(C(=O)O)CC1. The summed E-state index contributed by atoms with van der Waals surface area (Å²) in [4.78, 5) is 39.2. The van der Waals surface area contributed by atoms with Gasteiger partial charge in [0.05, 0.1) is 12.5 Å². The first-order valence-corrected chi connectivity index (χ1v) is 9.77. The number of likely N-dealkylation sites (tertiary alicyclic amines) is 1. The third kappa shape index (κ3) is 4.85. The summed E-state index contributed by atoms with van der Waals surface area (Å²) >= 11 is 0. The summed E-state index contributed by atoms with van der Waals surface area (Å²) < 4.78 is 5.90. The number of piperidine rings is 1. The van der Waals surface area contributed by atoms with E-state index in [2.05, 4.69) is 0 Å². The van der Waals surface area contributed by atoms with E-state index in [1.165, 1.54) is 4.90 Å². The standard InChI is InChI=1S/C22H26N2O5/c1-15(29-19-9-5-7-16-6-3-4-8-18(16)19)21(26)23(2)14-20(25)24-12-10-17(11-13-24)22(27)28/h3-9,15,17H,10-14H2,1-2H3,(H,27,28). The maximum Gasteiger partial charge on any atom is 0.306 e. The average molecular weight is 398 g/mol. The summed E-state index contributed by atoms with van der Waals surface area (Å²) in [5.74, 6) is -1.05. The second-order valence-corrected chi connectivity index (χ2v) is 7.42. The predicted octanol–water partition coefficient (Wildman–Crippen LogP) is 2.39. The summed E-state index contributed by atoms with van der Waals surface area (Å²) in [7, 11) is 1.58. The first-order valence-electron chi connectivity index (χ1n) is 9.77. The van der Waals surface area contributed by atoms with Gasteiger partial charge in [-0.3, -0.25) is 14.4 Å². The molecule has 29 heavy (non-hydrogen) atoms. The minimum Gasteiger partial charge on any atom is -0.481 e. The van der Waals surface area contributed by atoms with Crippen LogP contribution < -0.4 is 4.74 Å². The van der Waals surface area contributed by atoms with Crippen molar-refractivity contribution in [1.29, 1.82) is 0 Å². The molecule has 1 saturated heterocycles. The Kier molecular flexibility index (Phi) is 6.36. The molecule has 0 radical (unpaired) electrons. The van der Waals surface area contributed by atoms with Crippen molar-refractivity contribution >= 4 is 28.6 Å². The highest BCUT2D eigenvalue weighted by Gasteiger charge is 2.29. The van der Waals surface area contributed by atoms with E-state index < -0.39 is 18.0 Å². The molecule has 0 aromatic heterocycles. The third-order valence-corrected chi connectivity index (χ3v) is 5.35. The fourth-order valence-corrected chi connectivity index (χ4v) is 3.61. The number of carboxylic acids is 1. The molecule has 1 unspecified atom stereocenters. The number of carbonyl (C=O) groups excluding carboxylic acids is 2. The highest BCUT2D eigenvalue weighted by atomic mass is 16.5. The summed E-state index contributed by atoms with van der Waals surface area (Å²) in [6.45, 7) is 2.42. The zero-order valence-electron chi connectivity index (χ0n) is 16.7. The van der Waals surface area contributed by atoms with E-state index in [0.29, 0.717) is 31.7 Å². The van der Waals surface area contributed by atoms with Crippen LogP contribution in [0, 0.1) is 5.92 Å². The number of carboxylic acid groups (broad SMARTS) is 1. The number of rotatable bonds is 6. The normalized spacial score (nSPS) is 15.7. The molecule has 1 aliphatic heterocycles. The van der Waals surface area contributed by atoms with Crippen LogP contribution in [0.3, 0.4) is 0 Å². The molecular weight excluding hydrogens is 372 g/mol. The summed E-state index contributed by atoms with van der Waals surface area (Å²) in [6.07, 6.45) is 0.148. The third-order valence-electron chi connectivity index (χ3n) is 5.35. The second-order valence-electron chi connectivity index (χ2n) is 7.42. The molecule has 0 saturated carbocycles. The van der Waals surface area contributed by atoms with Crippen molar-refractivity contribution in [1.82, 2.24) is 9.80 Å². The van der Waals surface area contributed by atoms with Gasteiger partial charge in [0, 0.05) is 25.5 Å². The van der Waals surface area contributed by atoms with Gasteiger partial charge in [-0.05, 0) is 31.2 Å². The number of fused-ring (bicyclic) bond motifs is 1. The molecule has 154 valence electrons. The number of amides is 2. The summed E-state index contributed by atoms with van der Waals surface area (Å²) in [6, 6.07) is 13.5. The minimum absolute atomic E-state index is 0.0557. The fraction of sp³-hybridized carbons (Fsp3) is 0.409. The van der Waals surface area contributed by atoms with E-state index >= 15 is 0 Å². The second kappa shape index (κ2) is 8.94. The Labute approximate surface area is 169 Å². The largest absolute Gasteiger partial charge is 0.481 e. The Hall–Kier alpha value is -3.09. The zero-order valence-corrected chi connectivity index (χ0v) is 16.7. The monoisotopic (exact) mass is 398 g/mol. The number of aliphatic carboxylic acids is 1. The highest BCUT2D eigenvalue weighted by Crippen LogP contribution is 2.26. The van der Waals surface area contributed by atoms with Gasteiger partial charge < -0.3 is 19.6 Å². The molecule has 3 rings (SSSR count). The molecule has 1 aliphatic rings. The van der Waals surface area contributed by atoms with E-state index in [-0.39, 0.29) is 18.4 Å². The maximum absolute atomic E-state index is 12.7. The van der Waals surface area contributed by atoms with Gasteiger partial charge in [-0.2, -0.15) is 0 Å². The van der Waals surface area contributed by atoms with E-state index in [1.807, 2.05) is 42.5 Å². The van der Waals surface area contributed by atoms with Crippen LogP contribution in [0.15, 0.2) is 42.5 Å². The summed E-state index contributed by atoms with van der Waals surface area (Å²) in [5, 5.41) is 11.0. The number of nitrogens with zero attached hydrogens (tertiary/aromatic N) is 2. The van der Waals surface area contributed by atoms with Crippen molar-refractivity contribution < 1.29 is 24.2 Å². The van der Waals surface area contributed by atoms with Crippen LogP contribution in [-0.2, 0) is 14.4 Å². The lowest BCUT2D eigenvalue weighted by molar-refractivity contribution is -0.147. The lowest BCUT2D eigenvalue weighted by atomic mass is 9.97. The van der Waals surface area contributed by atoms with Crippen LogP contribution in [0.2, 0.25) is 0 Å². The van der Waals surface area contributed by atoms with Crippen molar-refractivity contribution in [3.05, 3.63) is 42.5 Å². The van der Waals surface area contributed by atoms with Crippen molar-refractivity contribution in [2.75, 3.05) is 26.7 Å². The van der Waals surface area contributed by atoms with Crippen LogP contribution in [0.1, 0.15) is 19.8 Å². The molecule has 1 atom stereocenters. The molecule has 2 aromatic carbocycles. The Bertz CT molecular complexity index is 900. The molecule has 0 spiro atoms. The predicted molar refractivity (Wildman–Crippen MR) is 109 cm³/mol. The van der Waals surface area contributed by atoms with Crippen molar-refractivity contribution in [2.24, 2.45) is 5.92 Å². The highest BCUT2D eigenvalue weighted by molar-refractivity contribution is 5.90. The van der Waals surface area contributed by atoms with Gasteiger partial charge in [-0.15, -0.1) is 0 Å². The molecule has 1 N–H and O–H groups in total. The molecule has 1 heterocycles. The fourth-order valence-electron chi connectivity index (χ4n) is 3.61. The van der Waals surface area contributed by atoms with Gasteiger partial charge in [0.2, 0.25) is 5.91 Å². The van der Waals surface area contributed by atoms with Crippen molar-refractivity contribution in [2.45, 2.75) is 25.9 Å². The Morgan fingerprint density at radius 2 is 1.79 bits per heavy atom. The first kappa shape index (κ1) is 20.6. The molecule has 7 heteroatoms. The minimum atomic E-state index is -0.816. The number of hydrogen-bond acceptors (Lipinski definition) is 4. The Balaban J connectivity index is 1.56. The smallest absolute Gasteiger partial charge is 0.306 e. The lowest BCUT2D eigenvalue weighted by Gasteiger charge is -2.31. The first-order chi connectivity index (χ1) is 13.9. The van der Waals surface area contributed by atoms with Crippen LogP contribution in [0.25, 0.3) is 10.8 Å². The van der Waals surface area contributed by atoms with Gasteiger partial charge >= 0.3 is 5.97 Å². The van der Waals surface area contributed by atoms with Crippen molar-refractivity contribution in [3.8, 4) is 5.75 Å². The maximum atomic E-state index is 12.7. The van der Waals surface area contributed by atoms with Gasteiger partial charge in [0.15, 0.2) is 6.10 Å². The number of carbonyl (C=O) groups is 3. The van der Waals surface area contributed by atoms with Gasteiger partial charge in [0.1, 0.15) is 5.75 Å². The quantitative estimate of drug-likeness (QED) is 0.807. The molecule has 0 aliphatic carbocycles. The van der Waals surface area contributed by atoms with E-state index in [4.69, 9.17) is 9.84 Å². The molecular formula is C22H26N2O5. The topological polar surface area (TPSA) is 87.2 Å². The van der Waals surface area contributed by atoms with Gasteiger partial charge in [-0.1, -0.05) is 36.4 Å². The number of ether oxygens (including phenoxy) is 1. The van der Waals surface area contributed by atoms with E-state index in [9.17, 15) is 14.4 Å². The molecule has 1 fully saturated rings. The Morgan fingerprint density at radius 1 is 1.14 bits per heavy atom. The van der Waals surface area contributed by atoms with Crippen LogP contribution in [-0.4, -0.2) is 65.5 Å². The lowest BCUT2D eigenvalue weighted by Crippen LogP contribution is -2.47. The molecule has 2 aromatic rings. The zero-order chi connectivity index (χ0) is 21.0. The molecule has 2 amide bonds. The number of hydrogen-bond donors (Lipinski definition) is 1. The molecule has 0 bridgehead atoms. The number of likely N-dealkylation sites (N-methyl/N-ethyl adjacent to an activating group) is 1. The van der Waals surface area contributed by atoms with Gasteiger partial charge in [0.25, 0.3) is 5.91 Å². The van der Waals surface area contributed by atoms with Crippen molar-refractivity contribution in [3.63, 3.8) is 0 Å². The average Bonchev–Trinajstić information content (AvgIpc) is 2.73. The van der Waals surface area contributed by atoms with Gasteiger partial charge in [-0.25, -0.2) is 0 Å². The van der Waals surface area contributed by atoms with E-state index in [0.717, 1.165) is 10.8 Å². The van der Waals surface area contributed by atoms with Crippen LogP contribution in [0.5, 0.6) is 5.75 Å². The Morgan fingerprint density at radius 3 is 2.48 bits per heavy atom. The van der Waals surface area contributed by atoms with E-state index in [1.54, 1.807) is 18.9 Å². The van der Waals surface area contributed by atoms with Crippen LogP contribution in [0.4, 0.5) is 0 Å². The summed E-state index contributed by atoms with van der Waals surface area (Å²) in [5.41, 5.74) is 0. The van der Waals surface area contributed by atoms with Crippen LogP contribution >= 0.6 is 0 Å². The number of benzene rings is 2. The molecule has 7 nitrogen and oxygen atoms in total.